The summed E-state index contributed by atoms with van der Waals surface area (Å²) < 4.78 is 5.60. The summed E-state index contributed by atoms with van der Waals surface area (Å²) >= 11 is 3.60. The number of H-pyrrole nitrogens is 1. The Morgan fingerprint density at radius 2 is 2.24 bits per heavy atom. The van der Waals surface area contributed by atoms with Gasteiger partial charge in [-0.05, 0) is 25.0 Å². The molecule has 0 fully saturated rings. The van der Waals surface area contributed by atoms with Crippen molar-refractivity contribution in [1.29, 1.82) is 0 Å². The minimum Gasteiger partial charge on any atom is -0.494 e. The van der Waals surface area contributed by atoms with Gasteiger partial charge in [0.2, 0.25) is 0 Å². The highest BCUT2D eigenvalue weighted by Crippen LogP contribution is 2.27. The molecule has 1 aromatic carbocycles. The van der Waals surface area contributed by atoms with Crippen LogP contribution in [-0.2, 0) is 0 Å². The largest absolute Gasteiger partial charge is 0.494 e. The number of nitrogens with zero attached hydrogens (tertiary/aromatic N) is 1. The average molecular weight is 297 g/mol. The quantitative estimate of drug-likeness (QED) is 0.840. The molecule has 1 atom stereocenters. The van der Waals surface area contributed by atoms with Crippen molar-refractivity contribution in [3.63, 3.8) is 0 Å². The molecule has 2 rings (SSSR count). The molecule has 3 nitrogen and oxygen atoms in total. The van der Waals surface area contributed by atoms with Crippen LogP contribution in [-0.4, -0.2) is 16.6 Å². The number of alkyl halides is 1. The molecule has 17 heavy (non-hydrogen) atoms. The van der Waals surface area contributed by atoms with Crippen LogP contribution in [0.1, 0.15) is 37.3 Å². The molecule has 1 aromatic heterocycles. The maximum absolute atomic E-state index is 5.60. The third-order valence-electron chi connectivity index (χ3n) is 2.60. The predicted octanol–water partition coefficient (Wildman–Crippen LogP) is 4.20. The van der Waals surface area contributed by atoms with Crippen LogP contribution in [0.15, 0.2) is 18.2 Å². The van der Waals surface area contributed by atoms with Gasteiger partial charge in [0.15, 0.2) is 0 Å². The lowest BCUT2D eigenvalue weighted by Gasteiger charge is -2.03. The highest BCUT2D eigenvalue weighted by molar-refractivity contribution is 9.09. The second kappa shape index (κ2) is 5.54. The maximum atomic E-state index is 5.60. The number of rotatable bonds is 5. The summed E-state index contributed by atoms with van der Waals surface area (Å²) in [4.78, 5) is 8.16. The topological polar surface area (TPSA) is 37.9 Å². The highest BCUT2D eigenvalue weighted by Gasteiger charge is 2.10. The van der Waals surface area contributed by atoms with Crippen molar-refractivity contribution in [3.05, 3.63) is 24.0 Å². The number of halogens is 1. The van der Waals surface area contributed by atoms with Crippen molar-refractivity contribution in [1.82, 2.24) is 9.97 Å². The lowest BCUT2D eigenvalue weighted by molar-refractivity contribution is 0.318. The minimum atomic E-state index is 0.287. The predicted molar refractivity (Wildman–Crippen MR) is 73.8 cm³/mol. The Labute approximate surface area is 110 Å². The number of ether oxygens (including phenoxy) is 1. The number of imidazole rings is 1. The van der Waals surface area contributed by atoms with E-state index in [4.69, 9.17) is 4.74 Å². The van der Waals surface area contributed by atoms with E-state index >= 15 is 0 Å². The summed E-state index contributed by atoms with van der Waals surface area (Å²) in [6, 6.07) is 5.98. The third kappa shape index (κ3) is 2.80. The number of aromatic nitrogens is 2. The fraction of sp³-hybridized carbons (Fsp3) is 0.462. The zero-order valence-electron chi connectivity index (χ0n) is 10.2. The van der Waals surface area contributed by atoms with Crippen LogP contribution in [0.4, 0.5) is 0 Å². The van der Waals surface area contributed by atoms with Crippen LogP contribution in [0.25, 0.3) is 11.0 Å². The van der Waals surface area contributed by atoms with Gasteiger partial charge in [-0.3, -0.25) is 0 Å². The number of benzene rings is 1. The zero-order valence-corrected chi connectivity index (χ0v) is 11.8. The van der Waals surface area contributed by atoms with Gasteiger partial charge in [0.05, 0.1) is 22.5 Å². The minimum absolute atomic E-state index is 0.287. The molecule has 0 radical (unpaired) electrons. The van der Waals surface area contributed by atoms with E-state index < -0.39 is 0 Å². The van der Waals surface area contributed by atoms with Crippen LogP contribution in [0.2, 0.25) is 0 Å². The normalized spacial score (nSPS) is 12.9. The third-order valence-corrected chi connectivity index (χ3v) is 3.68. The van der Waals surface area contributed by atoms with Gasteiger partial charge >= 0.3 is 0 Å². The van der Waals surface area contributed by atoms with E-state index in [1.165, 1.54) is 0 Å². The summed E-state index contributed by atoms with van der Waals surface area (Å²) in [5.74, 6) is 1.88. The zero-order chi connectivity index (χ0) is 12.3. The first-order valence-electron chi connectivity index (χ1n) is 6.01. The first-order valence-corrected chi connectivity index (χ1v) is 6.92. The van der Waals surface area contributed by atoms with Crippen LogP contribution < -0.4 is 4.74 Å². The second-order valence-electron chi connectivity index (χ2n) is 4.03. The van der Waals surface area contributed by atoms with Gasteiger partial charge in [0, 0.05) is 6.07 Å². The molecule has 2 aromatic rings. The fourth-order valence-corrected chi connectivity index (χ4v) is 1.88. The number of nitrogens with one attached hydrogen (secondary N) is 1. The van der Waals surface area contributed by atoms with Crippen molar-refractivity contribution in [2.75, 3.05) is 6.61 Å². The molecule has 4 heteroatoms. The molecule has 0 saturated heterocycles. The first-order chi connectivity index (χ1) is 8.24. The van der Waals surface area contributed by atoms with Crippen molar-refractivity contribution in [3.8, 4) is 5.75 Å². The summed E-state index contributed by atoms with van der Waals surface area (Å²) in [6.45, 7) is 4.98. The summed E-state index contributed by atoms with van der Waals surface area (Å²) in [6.07, 6.45) is 2.03. The van der Waals surface area contributed by atoms with E-state index in [0.717, 1.165) is 42.1 Å². The second-order valence-corrected chi connectivity index (χ2v) is 5.13. The van der Waals surface area contributed by atoms with E-state index in [1.54, 1.807) is 0 Å². The highest BCUT2D eigenvalue weighted by atomic mass is 79.9. The van der Waals surface area contributed by atoms with Gasteiger partial charge in [-0.25, -0.2) is 4.98 Å². The van der Waals surface area contributed by atoms with Crippen LogP contribution >= 0.6 is 15.9 Å². The molecule has 1 heterocycles. The summed E-state index contributed by atoms with van der Waals surface area (Å²) in [7, 11) is 0. The molecule has 0 aliphatic heterocycles. The lowest BCUT2D eigenvalue weighted by atomic mass is 10.3. The SMILES string of the molecule is CCCOc1ccc2nc(C(Br)CC)[nH]c2c1. The molecular formula is C13H17BrN2O. The maximum Gasteiger partial charge on any atom is 0.121 e. The monoisotopic (exact) mass is 296 g/mol. The Bertz CT molecular complexity index is 495. The molecule has 1 N–H and O–H groups in total. The van der Waals surface area contributed by atoms with Crippen molar-refractivity contribution < 1.29 is 4.74 Å². The Kier molecular flexibility index (Phi) is 4.05. The first kappa shape index (κ1) is 12.4. The van der Waals surface area contributed by atoms with Crippen LogP contribution in [0.5, 0.6) is 5.75 Å². The molecule has 0 bridgehead atoms. The molecule has 0 aliphatic rings. The molecule has 92 valence electrons. The van der Waals surface area contributed by atoms with Gasteiger partial charge < -0.3 is 9.72 Å². The Hall–Kier alpha value is -1.03. The van der Waals surface area contributed by atoms with Crippen LogP contribution in [0, 0.1) is 0 Å². The average Bonchev–Trinajstić information content (AvgIpc) is 2.78. The molecular weight excluding hydrogens is 280 g/mol. The molecule has 0 spiro atoms. The molecule has 0 amide bonds. The van der Waals surface area contributed by atoms with Gasteiger partial charge in [0.1, 0.15) is 11.6 Å². The number of hydrogen-bond donors (Lipinski definition) is 1. The van der Waals surface area contributed by atoms with Crippen LogP contribution in [0.3, 0.4) is 0 Å². The number of aromatic amines is 1. The van der Waals surface area contributed by atoms with E-state index in [0.29, 0.717) is 0 Å². The van der Waals surface area contributed by atoms with Crippen molar-refractivity contribution >= 4 is 27.0 Å². The molecule has 0 saturated carbocycles. The fourth-order valence-electron chi connectivity index (χ4n) is 1.66. The standard InChI is InChI=1S/C13H17BrN2O/c1-3-7-17-9-5-6-11-12(8-9)16-13(15-11)10(14)4-2/h5-6,8,10H,3-4,7H2,1-2H3,(H,15,16). The van der Waals surface area contributed by atoms with E-state index in [-0.39, 0.29) is 4.83 Å². The molecule has 0 aliphatic carbocycles. The van der Waals surface area contributed by atoms with Gasteiger partial charge in [-0.2, -0.15) is 0 Å². The van der Waals surface area contributed by atoms with E-state index in [1.807, 2.05) is 18.2 Å². The van der Waals surface area contributed by atoms with E-state index in [9.17, 15) is 0 Å². The van der Waals surface area contributed by atoms with E-state index in [2.05, 4.69) is 39.7 Å². The van der Waals surface area contributed by atoms with Gasteiger partial charge in [-0.15, -0.1) is 0 Å². The lowest BCUT2D eigenvalue weighted by Crippen LogP contribution is -1.94. The molecule has 1 unspecified atom stereocenters. The number of hydrogen-bond acceptors (Lipinski definition) is 2. The van der Waals surface area contributed by atoms with Gasteiger partial charge in [-0.1, -0.05) is 29.8 Å². The Morgan fingerprint density at radius 3 is 2.94 bits per heavy atom. The summed E-state index contributed by atoms with van der Waals surface area (Å²) in [5.41, 5.74) is 2.02. The van der Waals surface area contributed by atoms with Crippen molar-refractivity contribution in [2.24, 2.45) is 0 Å². The Morgan fingerprint density at radius 1 is 1.41 bits per heavy atom. The van der Waals surface area contributed by atoms with Gasteiger partial charge in [0.25, 0.3) is 0 Å². The Balaban J connectivity index is 2.27. The summed E-state index contributed by atoms with van der Waals surface area (Å²) in [5, 5.41) is 0. The number of fused-ring (bicyclic) bond motifs is 1. The smallest absolute Gasteiger partial charge is 0.121 e. The van der Waals surface area contributed by atoms with Crippen molar-refractivity contribution in [2.45, 2.75) is 31.5 Å².